The van der Waals surface area contributed by atoms with E-state index in [9.17, 15) is 8.78 Å². The number of hydrogen-bond donors (Lipinski definition) is 1. The molecule has 5 heteroatoms. The van der Waals surface area contributed by atoms with Gasteiger partial charge < -0.3 is 10.5 Å². The summed E-state index contributed by atoms with van der Waals surface area (Å²) >= 11 is 3.06. The van der Waals surface area contributed by atoms with Crippen molar-refractivity contribution in [2.45, 2.75) is 6.42 Å². The molecule has 2 N–H and O–H groups in total. The Morgan fingerprint density at radius 3 is 2.58 bits per heavy atom. The average Bonchev–Trinajstić information content (AvgIpc) is 2.38. The zero-order chi connectivity index (χ0) is 13.8. The Labute approximate surface area is 118 Å². The second-order valence-corrected chi connectivity index (χ2v) is 4.79. The molecule has 2 aromatic rings. The van der Waals surface area contributed by atoms with Crippen LogP contribution in [0.5, 0.6) is 11.5 Å². The molecule has 0 atom stereocenters. The highest BCUT2D eigenvalue weighted by Gasteiger charge is 2.10. The van der Waals surface area contributed by atoms with Gasteiger partial charge in [0.2, 0.25) is 0 Å². The summed E-state index contributed by atoms with van der Waals surface area (Å²) in [6.45, 7) is 0.312. The number of hydrogen-bond acceptors (Lipinski definition) is 2. The molecule has 0 radical (unpaired) electrons. The average molecular weight is 328 g/mol. The largest absolute Gasteiger partial charge is 0.457 e. The summed E-state index contributed by atoms with van der Waals surface area (Å²) in [7, 11) is 0. The van der Waals surface area contributed by atoms with E-state index in [4.69, 9.17) is 10.5 Å². The summed E-state index contributed by atoms with van der Waals surface area (Å²) in [5, 5.41) is 0. The zero-order valence-electron chi connectivity index (χ0n) is 10.00. The predicted octanol–water partition coefficient (Wildman–Crippen LogP) is 4.02. The maximum absolute atomic E-state index is 13.7. The number of nitrogens with two attached hydrogens (primary N) is 1. The number of rotatable bonds is 4. The van der Waals surface area contributed by atoms with Crippen LogP contribution in [0.1, 0.15) is 5.56 Å². The highest BCUT2D eigenvalue weighted by molar-refractivity contribution is 9.10. The van der Waals surface area contributed by atoms with Crippen LogP contribution in [0.4, 0.5) is 8.78 Å². The van der Waals surface area contributed by atoms with Gasteiger partial charge in [0.05, 0.1) is 4.47 Å². The smallest absolute Gasteiger partial charge is 0.141 e. The number of ether oxygens (including phenoxy) is 1. The Morgan fingerprint density at radius 2 is 1.89 bits per heavy atom. The lowest BCUT2D eigenvalue weighted by Gasteiger charge is -2.11. The Bertz CT molecular complexity index is 590. The molecule has 0 aromatic heterocycles. The number of halogens is 3. The molecular weight excluding hydrogens is 316 g/mol. The van der Waals surface area contributed by atoms with Gasteiger partial charge in [-0.2, -0.15) is 0 Å². The minimum absolute atomic E-state index is 0.310. The minimum atomic E-state index is -0.436. The van der Waals surface area contributed by atoms with Gasteiger partial charge in [0.25, 0.3) is 0 Å². The second-order valence-electron chi connectivity index (χ2n) is 3.93. The van der Waals surface area contributed by atoms with E-state index in [0.717, 1.165) is 0 Å². The summed E-state index contributed by atoms with van der Waals surface area (Å²) in [4.78, 5) is 0. The predicted molar refractivity (Wildman–Crippen MR) is 73.3 cm³/mol. The first-order chi connectivity index (χ1) is 9.11. The fourth-order valence-electron chi connectivity index (χ4n) is 1.69. The van der Waals surface area contributed by atoms with E-state index >= 15 is 0 Å². The SMILES string of the molecule is NCCc1c(F)cccc1Oc1ccc(Br)c(F)c1. The molecule has 2 rings (SSSR count). The Morgan fingerprint density at radius 1 is 1.11 bits per heavy atom. The van der Waals surface area contributed by atoms with Gasteiger partial charge in [0.1, 0.15) is 23.1 Å². The van der Waals surface area contributed by atoms with Crippen LogP contribution in [0.15, 0.2) is 40.9 Å². The van der Waals surface area contributed by atoms with Crippen molar-refractivity contribution in [3.05, 3.63) is 58.1 Å². The van der Waals surface area contributed by atoms with E-state index in [2.05, 4.69) is 15.9 Å². The molecule has 100 valence electrons. The van der Waals surface area contributed by atoms with Gasteiger partial charge >= 0.3 is 0 Å². The van der Waals surface area contributed by atoms with Crippen molar-refractivity contribution >= 4 is 15.9 Å². The van der Waals surface area contributed by atoms with Crippen LogP contribution in [-0.2, 0) is 6.42 Å². The van der Waals surface area contributed by atoms with Gasteiger partial charge in [-0.3, -0.25) is 0 Å². The third kappa shape index (κ3) is 3.30. The van der Waals surface area contributed by atoms with E-state index in [1.165, 1.54) is 18.2 Å². The first kappa shape index (κ1) is 14.0. The Kier molecular flexibility index (Phi) is 4.50. The highest BCUT2D eigenvalue weighted by Crippen LogP contribution is 2.29. The standard InChI is InChI=1S/C14H12BrF2NO/c15-11-5-4-9(8-13(11)17)19-14-3-1-2-12(16)10(14)6-7-18/h1-5,8H,6-7,18H2. The van der Waals surface area contributed by atoms with Crippen LogP contribution >= 0.6 is 15.9 Å². The van der Waals surface area contributed by atoms with Gasteiger partial charge in [-0.15, -0.1) is 0 Å². The van der Waals surface area contributed by atoms with Crippen LogP contribution in [0, 0.1) is 11.6 Å². The molecule has 2 nitrogen and oxygen atoms in total. The van der Waals surface area contributed by atoms with Crippen LogP contribution in [0.2, 0.25) is 0 Å². The molecule has 19 heavy (non-hydrogen) atoms. The molecule has 0 saturated heterocycles. The lowest BCUT2D eigenvalue weighted by Crippen LogP contribution is -2.06. The lowest BCUT2D eigenvalue weighted by molar-refractivity contribution is 0.462. The first-order valence-electron chi connectivity index (χ1n) is 5.72. The molecule has 0 bridgehead atoms. The fraction of sp³-hybridized carbons (Fsp3) is 0.143. The zero-order valence-corrected chi connectivity index (χ0v) is 11.6. The lowest BCUT2D eigenvalue weighted by atomic mass is 10.1. The third-order valence-electron chi connectivity index (χ3n) is 2.59. The van der Waals surface area contributed by atoms with Crippen molar-refractivity contribution in [3.63, 3.8) is 0 Å². The summed E-state index contributed by atoms with van der Waals surface area (Å²) in [6.07, 6.45) is 0.362. The van der Waals surface area contributed by atoms with E-state index in [1.807, 2.05) is 0 Å². The molecule has 0 spiro atoms. The molecule has 0 aliphatic carbocycles. The van der Waals surface area contributed by atoms with Crippen molar-refractivity contribution in [3.8, 4) is 11.5 Å². The molecule has 2 aromatic carbocycles. The van der Waals surface area contributed by atoms with Crippen molar-refractivity contribution in [2.75, 3.05) is 6.54 Å². The van der Waals surface area contributed by atoms with Gasteiger partial charge in [0.15, 0.2) is 0 Å². The topological polar surface area (TPSA) is 35.2 Å². The quantitative estimate of drug-likeness (QED) is 0.920. The second kappa shape index (κ2) is 6.12. The number of benzene rings is 2. The van der Waals surface area contributed by atoms with Gasteiger partial charge in [-0.1, -0.05) is 6.07 Å². The van der Waals surface area contributed by atoms with Crippen LogP contribution in [0.25, 0.3) is 0 Å². The van der Waals surface area contributed by atoms with Crippen molar-refractivity contribution in [1.29, 1.82) is 0 Å². The minimum Gasteiger partial charge on any atom is -0.457 e. The van der Waals surface area contributed by atoms with Gasteiger partial charge in [-0.05, 0) is 53.2 Å². The van der Waals surface area contributed by atoms with Crippen LogP contribution < -0.4 is 10.5 Å². The maximum Gasteiger partial charge on any atom is 0.141 e. The molecule has 0 unspecified atom stereocenters. The fourth-order valence-corrected chi connectivity index (χ4v) is 1.94. The van der Waals surface area contributed by atoms with Gasteiger partial charge in [-0.25, -0.2) is 8.78 Å². The highest BCUT2D eigenvalue weighted by atomic mass is 79.9. The van der Waals surface area contributed by atoms with E-state index in [0.29, 0.717) is 34.5 Å². The summed E-state index contributed by atoms with van der Waals surface area (Å²) in [5.41, 5.74) is 5.84. The van der Waals surface area contributed by atoms with E-state index in [-0.39, 0.29) is 5.82 Å². The van der Waals surface area contributed by atoms with Crippen LogP contribution in [-0.4, -0.2) is 6.54 Å². The third-order valence-corrected chi connectivity index (χ3v) is 3.23. The van der Waals surface area contributed by atoms with Crippen molar-refractivity contribution in [1.82, 2.24) is 0 Å². The normalized spacial score (nSPS) is 10.5. The molecule has 0 aliphatic rings. The van der Waals surface area contributed by atoms with Gasteiger partial charge in [0, 0.05) is 11.6 Å². The van der Waals surface area contributed by atoms with E-state index in [1.54, 1.807) is 18.2 Å². The van der Waals surface area contributed by atoms with Crippen LogP contribution in [0.3, 0.4) is 0 Å². The van der Waals surface area contributed by atoms with E-state index < -0.39 is 5.82 Å². The summed E-state index contributed by atoms with van der Waals surface area (Å²) in [5.74, 6) is -0.147. The molecular formula is C14H12BrF2NO. The monoisotopic (exact) mass is 327 g/mol. The molecule has 0 amide bonds. The molecule has 0 saturated carbocycles. The Balaban J connectivity index is 2.32. The summed E-state index contributed by atoms with van der Waals surface area (Å²) in [6, 6.07) is 8.89. The Hall–Kier alpha value is -1.46. The van der Waals surface area contributed by atoms with Crippen molar-refractivity contribution < 1.29 is 13.5 Å². The molecule has 0 fully saturated rings. The summed E-state index contributed by atoms with van der Waals surface area (Å²) < 4.78 is 32.9. The first-order valence-corrected chi connectivity index (χ1v) is 6.51. The van der Waals surface area contributed by atoms with Crippen molar-refractivity contribution in [2.24, 2.45) is 5.73 Å². The maximum atomic E-state index is 13.7. The molecule has 0 aliphatic heterocycles. The molecule has 0 heterocycles.